The standard InChI is InChI=1S/C13H22N2O2/c1-4-7-14-9-10-15(8-5-2)12(11-14)13(16)17-6-3/h4-5,12H,1-2,6-11H2,3H3. The fraction of sp³-hybridized carbons (Fsp3) is 0.615. The van der Waals surface area contributed by atoms with Crippen molar-refractivity contribution in [3.8, 4) is 0 Å². The van der Waals surface area contributed by atoms with Gasteiger partial charge in [0, 0.05) is 32.7 Å². The Morgan fingerprint density at radius 1 is 1.35 bits per heavy atom. The van der Waals surface area contributed by atoms with Crippen LogP contribution in [0.4, 0.5) is 0 Å². The summed E-state index contributed by atoms with van der Waals surface area (Å²) in [6, 6.07) is -0.179. The maximum Gasteiger partial charge on any atom is 0.324 e. The molecule has 0 spiro atoms. The molecule has 0 bridgehead atoms. The van der Waals surface area contributed by atoms with Crippen LogP contribution in [0.1, 0.15) is 6.92 Å². The highest BCUT2D eigenvalue weighted by Crippen LogP contribution is 2.11. The van der Waals surface area contributed by atoms with Crippen LogP contribution < -0.4 is 0 Å². The minimum absolute atomic E-state index is 0.136. The molecule has 1 unspecified atom stereocenters. The fourth-order valence-corrected chi connectivity index (χ4v) is 2.07. The van der Waals surface area contributed by atoms with Gasteiger partial charge in [-0.05, 0) is 6.92 Å². The highest BCUT2D eigenvalue weighted by Gasteiger charge is 2.32. The summed E-state index contributed by atoms with van der Waals surface area (Å²) < 4.78 is 5.12. The minimum Gasteiger partial charge on any atom is -0.465 e. The zero-order chi connectivity index (χ0) is 12.7. The Labute approximate surface area is 104 Å². The lowest BCUT2D eigenvalue weighted by Gasteiger charge is -2.39. The van der Waals surface area contributed by atoms with Gasteiger partial charge in [0.25, 0.3) is 0 Å². The van der Waals surface area contributed by atoms with Gasteiger partial charge in [-0.1, -0.05) is 12.2 Å². The summed E-state index contributed by atoms with van der Waals surface area (Å²) in [6.07, 6.45) is 3.70. The van der Waals surface area contributed by atoms with Crippen molar-refractivity contribution in [3.05, 3.63) is 25.3 Å². The van der Waals surface area contributed by atoms with Gasteiger partial charge in [0.1, 0.15) is 6.04 Å². The van der Waals surface area contributed by atoms with E-state index < -0.39 is 0 Å². The van der Waals surface area contributed by atoms with Crippen LogP contribution in [-0.2, 0) is 9.53 Å². The largest absolute Gasteiger partial charge is 0.465 e. The molecule has 0 aromatic carbocycles. The second-order valence-electron chi connectivity index (χ2n) is 4.10. The first-order valence-corrected chi connectivity index (χ1v) is 6.07. The second-order valence-corrected chi connectivity index (χ2v) is 4.10. The Hall–Kier alpha value is -1.13. The predicted octanol–water partition coefficient (Wildman–Crippen LogP) is 0.908. The molecule has 1 aliphatic heterocycles. The number of nitrogens with zero attached hydrogens (tertiary/aromatic N) is 2. The molecular weight excluding hydrogens is 216 g/mol. The monoisotopic (exact) mass is 238 g/mol. The van der Waals surface area contributed by atoms with Crippen molar-refractivity contribution in [2.45, 2.75) is 13.0 Å². The summed E-state index contributed by atoms with van der Waals surface area (Å²) in [4.78, 5) is 16.2. The normalized spacial score (nSPS) is 22.1. The van der Waals surface area contributed by atoms with E-state index in [1.807, 2.05) is 19.1 Å². The van der Waals surface area contributed by atoms with Crippen molar-refractivity contribution in [3.63, 3.8) is 0 Å². The number of hydrogen-bond donors (Lipinski definition) is 0. The summed E-state index contributed by atoms with van der Waals surface area (Å²) >= 11 is 0. The van der Waals surface area contributed by atoms with Crippen molar-refractivity contribution in [1.82, 2.24) is 9.80 Å². The molecular formula is C13H22N2O2. The smallest absolute Gasteiger partial charge is 0.324 e. The van der Waals surface area contributed by atoms with Gasteiger partial charge >= 0.3 is 5.97 Å². The Bertz CT molecular complexity index is 279. The van der Waals surface area contributed by atoms with E-state index in [2.05, 4.69) is 23.0 Å². The first kappa shape index (κ1) is 13.9. The van der Waals surface area contributed by atoms with E-state index in [0.717, 1.165) is 26.2 Å². The Kier molecular flexibility index (Phi) is 5.94. The molecule has 1 rings (SSSR count). The van der Waals surface area contributed by atoms with Crippen molar-refractivity contribution in [2.24, 2.45) is 0 Å². The molecule has 1 aliphatic rings. The van der Waals surface area contributed by atoms with Gasteiger partial charge in [0.05, 0.1) is 6.61 Å². The molecule has 0 aromatic rings. The first-order valence-electron chi connectivity index (χ1n) is 6.07. The summed E-state index contributed by atoms with van der Waals surface area (Å²) in [5.74, 6) is -0.136. The molecule has 0 aromatic heterocycles. The van der Waals surface area contributed by atoms with Crippen molar-refractivity contribution >= 4 is 5.97 Å². The lowest BCUT2D eigenvalue weighted by atomic mass is 10.1. The first-order chi connectivity index (χ1) is 8.22. The molecule has 1 heterocycles. The van der Waals surface area contributed by atoms with Gasteiger partial charge in [-0.3, -0.25) is 14.6 Å². The summed E-state index contributed by atoms with van der Waals surface area (Å²) in [7, 11) is 0. The third kappa shape index (κ3) is 3.98. The van der Waals surface area contributed by atoms with Crippen LogP contribution in [0.3, 0.4) is 0 Å². The highest BCUT2D eigenvalue weighted by atomic mass is 16.5. The average molecular weight is 238 g/mol. The maximum atomic E-state index is 11.9. The SMILES string of the molecule is C=CCN1CCN(CC=C)C(C(=O)OCC)C1. The van der Waals surface area contributed by atoms with E-state index in [1.165, 1.54) is 0 Å². The van der Waals surface area contributed by atoms with Crippen molar-refractivity contribution in [2.75, 3.05) is 39.3 Å². The number of piperazine rings is 1. The van der Waals surface area contributed by atoms with Gasteiger partial charge in [-0.15, -0.1) is 13.2 Å². The lowest BCUT2D eigenvalue weighted by molar-refractivity contribution is -0.151. The molecule has 0 amide bonds. The quantitative estimate of drug-likeness (QED) is 0.508. The summed E-state index contributed by atoms with van der Waals surface area (Å²) in [6.45, 7) is 13.8. The van der Waals surface area contributed by atoms with E-state index in [0.29, 0.717) is 13.2 Å². The maximum absolute atomic E-state index is 11.9. The Morgan fingerprint density at radius 2 is 2.06 bits per heavy atom. The van der Waals surface area contributed by atoms with Crippen LogP contribution in [0.15, 0.2) is 25.3 Å². The molecule has 1 saturated heterocycles. The van der Waals surface area contributed by atoms with E-state index in [4.69, 9.17) is 4.74 Å². The van der Waals surface area contributed by atoms with Gasteiger partial charge in [-0.25, -0.2) is 0 Å². The van der Waals surface area contributed by atoms with Crippen LogP contribution in [0.2, 0.25) is 0 Å². The van der Waals surface area contributed by atoms with Crippen LogP contribution in [0, 0.1) is 0 Å². The number of hydrogen-bond acceptors (Lipinski definition) is 4. The van der Waals surface area contributed by atoms with E-state index in [-0.39, 0.29) is 12.0 Å². The highest BCUT2D eigenvalue weighted by molar-refractivity contribution is 5.76. The van der Waals surface area contributed by atoms with Gasteiger partial charge in [0.2, 0.25) is 0 Å². The Balaban J connectivity index is 2.64. The predicted molar refractivity (Wildman–Crippen MR) is 68.8 cm³/mol. The number of rotatable bonds is 6. The fourth-order valence-electron chi connectivity index (χ4n) is 2.07. The van der Waals surface area contributed by atoms with Crippen LogP contribution in [0.25, 0.3) is 0 Å². The Morgan fingerprint density at radius 3 is 2.65 bits per heavy atom. The van der Waals surface area contributed by atoms with Crippen molar-refractivity contribution < 1.29 is 9.53 Å². The van der Waals surface area contributed by atoms with E-state index in [9.17, 15) is 4.79 Å². The topological polar surface area (TPSA) is 32.8 Å². The molecule has 4 nitrogen and oxygen atoms in total. The lowest BCUT2D eigenvalue weighted by Crippen LogP contribution is -2.56. The molecule has 0 saturated carbocycles. The van der Waals surface area contributed by atoms with Crippen LogP contribution in [0.5, 0.6) is 0 Å². The van der Waals surface area contributed by atoms with Crippen LogP contribution >= 0.6 is 0 Å². The molecule has 1 fully saturated rings. The van der Waals surface area contributed by atoms with Gasteiger partial charge < -0.3 is 4.74 Å². The van der Waals surface area contributed by atoms with Crippen LogP contribution in [-0.4, -0.2) is 61.1 Å². The second kappa shape index (κ2) is 7.25. The number of esters is 1. The molecule has 0 N–H and O–H groups in total. The number of carbonyl (C=O) groups excluding carboxylic acids is 1. The third-order valence-corrected chi connectivity index (χ3v) is 2.88. The van der Waals surface area contributed by atoms with Gasteiger partial charge in [-0.2, -0.15) is 0 Å². The zero-order valence-corrected chi connectivity index (χ0v) is 10.6. The molecule has 0 aliphatic carbocycles. The molecule has 17 heavy (non-hydrogen) atoms. The zero-order valence-electron chi connectivity index (χ0n) is 10.6. The summed E-state index contributed by atoms with van der Waals surface area (Å²) in [5.41, 5.74) is 0. The minimum atomic E-state index is -0.179. The van der Waals surface area contributed by atoms with Crippen molar-refractivity contribution in [1.29, 1.82) is 0 Å². The van der Waals surface area contributed by atoms with E-state index in [1.54, 1.807) is 0 Å². The summed E-state index contributed by atoms with van der Waals surface area (Å²) in [5, 5.41) is 0. The number of carbonyl (C=O) groups is 1. The molecule has 4 heteroatoms. The number of ether oxygens (including phenoxy) is 1. The molecule has 96 valence electrons. The molecule has 1 atom stereocenters. The third-order valence-electron chi connectivity index (χ3n) is 2.88. The average Bonchev–Trinajstić information content (AvgIpc) is 2.32. The van der Waals surface area contributed by atoms with Gasteiger partial charge in [0.15, 0.2) is 0 Å². The molecule has 0 radical (unpaired) electrons. The van der Waals surface area contributed by atoms with E-state index >= 15 is 0 Å².